The van der Waals surface area contributed by atoms with Crippen molar-refractivity contribution >= 4 is 28.4 Å². The number of amides is 1. The minimum absolute atomic E-state index is 0.148. The van der Waals surface area contributed by atoms with Crippen molar-refractivity contribution < 1.29 is 9.53 Å². The van der Waals surface area contributed by atoms with Gasteiger partial charge in [-0.3, -0.25) is 4.79 Å². The van der Waals surface area contributed by atoms with Gasteiger partial charge < -0.3 is 15.5 Å². The number of benzene rings is 1. The number of halogens is 1. The predicted molar refractivity (Wildman–Crippen MR) is 102 cm³/mol. The number of fused-ring (bicyclic) bond motifs is 1. The van der Waals surface area contributed by atoms with E-state index in [0.29, 0.717) is 17.2 Å². The average Bonchev–Trinajstić information content (AvgIpc) is 3.27. The third-order valence-electron chi connectivity index (χ3n) is 5.20. The molecule has 1 saturated carbocycles. The Hall–Kier alpha value is -2.53. The summed E-state index contributed by atoms with van der Waals surface area (Å²) in [6, 6.07) is 9.23. The quantitative estimate of drug-likeness (QED) is 0.714. The van der Waals surface area contributed by atoms with E-state index in [1.807, 2.05) is 24.3 Å². The highest BCUT2D eigenvalue weighted by Gasteiger charge is 2.42. The van der Waals surface area contributed by atoms with Crippen LogP contribution in [0.5, 0.6) is 5.75 Å². The lowest BCUT2D eigenvalue weighted by atomic mass is 9.96. The molecule has 0 bridgehead atoms. The second-order valence-corrected chi connectivity index (χ2v) is 7.53. The minimum atomic E-state index is -0.520. The topological polar surface area (TPSA) is 81.0 Å². The number of nitrogens with one attached hydrogen (secondary N) is 1. The third-order valence-corrected chi connectivity index (χ3v) is 5.49. The summed E-state index contributed by atoms with van der Waals surface area (Å²) >= 11 is 6.37. The first-order chi connectivity index (χ1) is 12.4. The van der Waals surface area contributed by atoms with Crippen LogP contribution in [-0.2, 0) is 11.8 Å². The van der Waals surface area contributed by atoms with Gasteiger partial charge in [0.1, 0.15) is 11.4 Å². The van der Waals surface area contributed by atoms with Crippen molar-refractivity contribution in [3.63, 3.8) is 0 Å². The highest BCUT2D eigenvalue weighted by atomic mass is 35.5. The van der Waals surface area contributed by atoms with Crippen LogP contribution in [0.2, 0.25) is 5.02 Å². The zero-order valence-electron chi connectivity index (χ0n) is 14.7. The summed E-state index contributed by atoms with van der Waals surface area (Å²) in [6.07, 6.45) is 2.90. The number of aromatic nitrogens is 2. The van der Waals surface area contributed by atoms with E-state index in [2.05, 4.69) is 16.9 Å². The molecule has 1 aliphatic rings. The molecule has 1 aliphatic carbocycles. The molecular formula is C20H20ClN3O2. The molecule has 0 atom stereocenters. The van der Waals surface area contributed by atoms with Gasteiger partial charge in [0.15, 0.2) is 0 Å². The maximum atomic E-state index is 11.4. The van der Waals surface area contributed by atoms with E-state index in [1.54, 1.807) is 13.2 Å². The second-order valence-electron chi connectivity index (χ2n) is 7.13. The Balaban J connectivity index is 1.86. The lowest BCUT2D eigenvalue weighted by Crippen LogP contribution is -2.14. The molecule has 4 rings (SSSR count). The Morgan fingerprint density at radius 3 is 2.81 bits per heavy atom. The third kappa shape index (κ3) is 2.82. The second kappa shape index (κ2) is 6.02. The smallest absolute Gasteiger partial charge is 0.267 e. The van der Waals surface area contributed by atoms with Gasteiger partial charge in [0, 0.05) is 40.2 Å². The molecule has 2 heterocycles. The highest BCUT2D eigenvalue weighted by molar-refractivity contribution is 6.32. The molecule has 26 heavy (non-hydrogen) atoms. The molecule has 1 amide bonds. The number of H-pyrrole nitrogens is 1. The van der Waals surface area contributed by atoms with Crippen molar-refractivity contribution in [3.8, 4) is 5.75 Å². The maximum absolute atomic E-state index is 11.4. The molecule has 1 fully saturated rings. The van der Waals surface area contributed by atoms with Crippen molar-refractivity contribution in [1.82, 2.24) is 9.97 Å². The zero-order chi connectivity index (χ0) is 18.5. The van der Waals surface area contributed by atoms with Crippen molar-refractivity contribution in [1.29, 1.82) is 0 Å². The monoisotopic (exact) mass is 369 g/mol. The van der Waals surface area contributed by atoms with Crippen molar-refractivity contribution in [3.05, 3.63) is 58.0 Å². The fourth-order valence-corrected chi connectivity index (χ4v) is 3.68. The zero-order valence-corrected chi connectivity index (χ0v) is 15.5. The summed E-state index contributed by atoms with van der Waals surface area (Å²) in [5, 5.41) is 1.64. The first kappa shape index (κ1) is 16.9. The van der Waals surface area contributed by atoms with Crippen LogP contribution in [0, 0.1) is 0 Å². The molecule has 0 aliphatic heterocycles. The lowest BCUT2D eigenvalue weighted by Gasteiger charge is -2.11. The van der Waals surface area contributed by atoms with E-state index in [9.17, 15) is 4.79 Å². The van der Waals surface area contributed by atoms with Crippen molar-refractivity contribution in [2.24, 2.45) is 5.73 Å². The number of nitrogens with zero attached hydrogens (tertiary/aromatic N) is 1. The van der Waals surface area contributed by atoms with Gasteiger partial charge in [0.2, 0.25) is 0 Å². The number of primary amides is 1. The summed E-state index contributed by atoms with van der Waals surface area (Å²) in [7, 11) is 1.61. The Kier molecular flexibility index (Phi) is 3.92. The molecule has 5 nitrogen and oxygen atoms in total. The summed E-state index contributed by atoms with van der Waals surface area (Å²) in [4.78, 5) is 19.4. The van der Waals surface area contributed by atoms with Crippen molar-refractivity contribution in [2.45, 2.75) is 31.6 Å². The van der Waals surface area contributed by atoms with E-state index in [0.717, 1.165) is 29.4 Å². The fourth-order valence-electron chi connectivity index (χ4n) is 3.44. The molecule has 3 N–H and O–H groups in total. The number of carbonyl (C=O) groups is 1. The number of hydrogen-bond donors (Lipinski definition) is 2. The number of nitrogens with two attached hydrogens (primary N) is 1. The normalized spacial score (nSPS) is 15.2. The molecule has 0 radical (unpaired) electrons. The van der Waals surface area contributed by atoms with E-state index >= 15 is 0 Å². The van der Waals surface area contributed by atoms with Gasteiger partial charge in [-0.15, -0.1) is 0 Å². The molecule has 3 aromatic rings. The molecule has 0 saturated heterocycles. The Labute approximate surface area is 156 Å². The van der Waals surface area contributed by atoms with Crippen LogP contribution in [0.4, 0.5) is 0 Å². The molecular weight excluding hydrogens is 350 g/mol. The number of carbonyl (C=O) groups excluding carboxylic acids is 1. The molecule has 134 valence electrons. The lowest BCUT2D eigenvalue weighted by molar-refractivity contribution is 0.0995. The van der Waals surface area contributed by atoms with Crippen molar-refractivity contribution in [2.75, 3.05) is 7.11 Å². The van der Waals surface area contributed by atoms with Gasteiger partial charge in [0.25, 0.3) is 5.91 Å². The van der Waals surface area contributed by atoms with E-state index in [4.69, 9.17) is 22.1 Å². The number of aromatic amines is 1. The van der Waals surface area contributed by atoms with Crippen LogP contribution < -0.4 is 10.5 Å². The van der Waals surface area contributed by atoms with E-state index < -0.39 is 5.91 Å². The summed E-state index contributed by atoms with van der Waals surface area (Å²) in [5.74, 6) is 0.126. The van der Waals surface area contributed by atoms with Crippen LogP contribution in [0.1, 0.15) is 47.2 Å². The number of methoxy groups -OCH3 is 1. The van der Waals surface area contributed by atoms with E-state index in [-0.39, 0.29) is 11.1 Å². The Bertz CT molecular complexity index is 1020. The van der Waals surface area contributed by atoms with Crippen LogP contribution in [0.25, 0.3) is 10.9 Å². The van der Waals surface area contributed by atoms with Gasteiger partial charge in [-0.1, -0.05) is 24.6 Å². The number of rotatable bonds is 5. The van der Waals surface area contributed by atoms with Gasteiger partial charge in [-0.2, -0.15) is 0 Å². The summed E-state index contributed by atoms with van der Waals surface area (Å²) in [6.45, 7) is 2.26. The molecule has 0 spiro atoms. The highest BCUT2D eigenvalue weighted by Crippen LogP contribution is 2.50. The molecule has 1 aromatic carbocycles. The van der Waals surface area contributed by atoms with Crippen LogP contribution in [0.15, 0.2) is 30.3 Å². The number of ether oxygens (including phenoxy) is 1. The molecule has 0 unspecified atom stereocenters. The summed E-state index contributed by atoms with van der Waals surface area (Å²) < 4.78 is 5.35. The van der Waals surface area contributed by atoms with Gasteiger partial charge in [-0.05, 0) is 36.6 Å². The summed E-state index contributed by atoms with van der Waals surface area (Å²) in [5.41, 5.74) is 9.97. The predicted octanol–water partition coefficient (Wildman–Crippen LogP) is 3.97. The first-order valence-corrected chi connectivity index (χ1v) is 8.93. The molecule has 2 aromatic heterocycles. The molecule has 6 heteroatoms. The SMILES string of the molecule is COc1cc2[nH]c(C3(C)CC3)c(Cc3cccc(C(N)=O)n3)c2cc1Cl. The van der Waals surface area contributed by atoms with Gasteiger partial charge in [-0.25, -0.2) is 4.98 Å². The average molecular weight is 370 g/mol. The maximum Gasteiger partial charge on any atom is 0.267 e. The van der Waals surface area contributed by atoms with Gasteiger partial charge in [0.05, 0.1) is 12.1 Å². The standard InChI is InChI=1S/C20H20ClN3O2/c1-20(6-7-20)18-13(8-11-4-3-5-15(23-11)19(22)25)12-9-14(21)17(26-2)10-16(12)24-18/h3-5,9-10,24H,6-8H2,1-2H3,(H2,22,25). The van der Waals surface area contributed by atoms with Crippen LogP contribution in [0.3, 0.4) is 0 Å². The Morgan fingerprint density at radius 2 is 2.15 bits per heavy atom. The van der Waals surface area contributed by atoms with Gasteiger partial charge >= 0.3 is 0 Å². The number of hydrogen-bond acceptors (Lipinski definition) is 3. The van der Waals surface area contributed by atoms with Crippen LogP contribution >= 0.6 is 11.6 Å². The fraction of sp³-hybridized carbons (Fsp3) is 0.300. The largest absolute Gasteiger partial charge is 0.495 e. The minimum Gasteiger partial charge on any atom is -0.495 e. The first-order valence-electron chi connectivity index (χ1n) is 8.55. The van der Waals surface area contributed by atoms with Crippen LogP contribution in [-0.4, -0.2) is 23.0 Å². The Morgan fingerprint density at radius 1 is 1.38 bits per heavy atom. The number of pyridine rings is 1. The van der Waals surface area contributed by atoms with E-state index in [1.165, 1.54) is 11.3 Å².